The van der Waals surface area contributed by atoms with Gasteiger partial charge in [-0.05, 0) is 23.6 Å². The summed E-state index contributed by atoms with van der Waals surface area (Å²) < 4.78 is 30.5. The van der Waals surface area contributed by atoms with E-state index in [2.05, 4.69) is 0 Å². The number of allylic oxidation sites excluding steroid dienone is 1. The number of rotatable bonds is 1. The number of benzene rings is 1. The Hall–Kier alpha value is -2.08. The summed E-state index contributed by atoms with van der Waals surface area (Å²) in [4.78, 5) is 13.0. The third kappa shape index (κ3) is 1.64. The molecule has 1 amide bonds. The molecule has 0 saturated carbocycles. The van der Waals surface area contributed by atoms with Crippen LogP contribution in [-0.2, 0) is 25.0 Å². The normalized spacial score (nSPS) is 29.3. The predicted octanol–water partition coefficient (Wildman–Crippen LogP) is 1.72. The largest absolute Gasteiger partial charge is 0.500 e. The number of nitrogens with zero attached hydrogens (tertiary/aromatic N) is 1. The molecule has 1 aliphatic carbocycles. The predicted molar refractivity (Wildman–Crippen MR) is 81.7 cm³/mol. The van der Waals surface area contributed by atoms with Crippen molar-refractivity contribution in [3.05, 3.63) is 53.8 Å². The molecule has 2 unspecified atom stereocenters. The van der Waals surface area contributed by atoms with Crippen molar-refractivity contribution < 1.29 is 17.9 Å². The van der Waals surface area contributed by atoms with Gasteiger partial charge >= 0.3 is 0 Å². The maximum absolute atomic E-state index is 13.0. The fourth-order valence-corrected chi connectivity index (χ4v) is 4.60. The van der Waals surface area contributed by atoms with Crippen LogP contribution in [-0.4, -0.2) is 27.2 Å². The van der Waals surface area contributed by atoms with Crippen LogP contribution in [0.15, 0.2) is 48.3 Å². The molecule has 1 aromatic rings. The lowest BCUT2D eigenvalue weighted by molar-refractivity contribution is -0.121. The Labute approximate surface area is 128 Å². The van der Waals surface area contributed by atoms with Gasteiger partial charge in [-0.25, -0.2) is 12.7 Å². The second-order valence-electron chi connectivity index (χ2n) is 6.01. The number of hydrogen-bond acceptors (Lipinski definition) is 4. The SMILES string of the molecule is CS(=O)(=O)N1C(=O)C2(C=CC3=COCC3C2)c2ccccc21. The Morgan fingerprint density at radius 3 is 2.86 bits per heavy atom. The fourth-order valence-electron chi connectivity index (χ4n) is 3.62. The minimum Gasteiger partial charge on any atom is -0.500 e. The molecule has 114 valence electrons. The van der Waals surface area contributed by atoms with Gasteiger partial charge in [0.25, 0.3) is 5.91 Å². The summed E-state index contributed by atoms with van der Waals surface area (Å²) in [6.45, 7) is 0.537. The number of amides is 1. The van der Waals surface area contributed by atoms with Gasteiger partial charge < -0.3 is 4.74 Å². The lowest BCUT2D eigenvalue weighted by Gasteiger charge is -2.31. The Morgan fingerprint density at radius 1 is 1.32 bits per heavy atom. The van der Waals surface area contributed by atoms with Gasteiger partial charge in [0.2, 0.25) is 10.0 Å². The number of hydrogen-bond donors (Lipinski definition) is 0. The average molecular weight is 317 g/mol. The Kier molecular flexibility index (Phi) is 2.61. The Balaban J connectivity index is 1.94. The molecule has 0 aromatic heterocycles. The van der Waals surface area contributed by atoms with Crippen LogP contribution < -0.4 is 4.31 Å². The standard InChI is InChI=1S/C16H15NO4S/c1-22(19,20)17-14-5-3-2-4-13(14)16(15(17)18)7-6-11-9-21-10-12(11)8-16/h2-7,9,12H,8,10H2,1H3. The summed E-state index contributed by atoms with van der Waals surface area (Å²) >= 11 is 0. The average Bonchev–Trinajstić information content (AvgIpc) is 3.01. The van der Waals surface area contributed by atoms with Crippen molar-refractivity contribution in [1.82, 2.24) is 0 Å². The number of anilines is 1. The monoisotopic (exact) mass is 317 g/mol. The molecule has 22 heavy (non-hydrogen) atoms. The van der Waals surface area contributed by atoms with Crippen LogP contribution in [0.3, 0.4) is 0 Å². The van der Waals surface area contributed by atoms with E-state index in [9.17, 15) is 13.2 Å². The molecule has 6 heteroatoms. The maximum Gasteiger partial charge on any atom is 0.255 e. The molecule has 2 aliphatic heterocycles. The van der Waals surface area contributed by atoms with Crippen LogP contribution in [0.5, 0.6) is 0 Å². The van der Waals surface area contributed by atoms with Crippen LogP contribution in [0, 0.1) is 5.92 Å². The first kappa shape index (κ1) is 13.6. The highest BCUT2D eigenvalue weighted by Crippen LogP contribution is 2.51. The number of sulfonamides is 1. The van der Waals surface area contributed by atoms with Crippen LogP contribution in [0.25, 0.3) is 0 Å². The minimum absolute atomic E-state index is 0.126. The highest BCUT2D eigenvalue weighted by atomic mass is 32.2. The van der Waals surface area contributed by atoms with Crippen molar-refractivity contribution in [3.63, 3.8) is 0 Å². The van der Waals surface area contributed by atoms with Crippen molar-refractivity contribution >= 4 is 21.6 Å². The topological polar surface area (TPSA) is 63.7 Å². The van der Waals surface area contributed by atoms with Gasteiger partial charge in [0.1, 0.15) is 0 Å². The van der Waals surface area contributed by atoms with Gasteiger partial charge in [0.05, 0.1) is 30.2 Å². The maximum atomic E-state index is 13.0. The van der Waals surface area contributed by atoms with Gasteiger partial charge in [-0.1, -0.05) is 30.4 Å². The summed E-state index contributed by atoms with van der Waals surface area (Å²) in [5.74, 6) is -0.264. The lowest BCUT2D eigenvalue weighted by atomic mass is 9.69. The van der Waals surface area contributed by atoms with Crippen LogP contribution >= 0.6 is 0 Å². The number of carbonyl (C=O) groups excluding carboxylic acids is 1. The first-order valence-corrected chi connectivity index (χ1v) is 8.93. The van der Waals surface area contributed by atoms with Gasteiger partial charge in [-0.3, -0.25) is 4.79 Å². The van der Waals surface area contributed by atoms with E-state index in [0.717, 1.165) is 21.7 Å². The molecular weight excluding hydrogens is 302 g/mol. The number of carbonyl (C=O) groups is 1. The van der Waals surface area contributed by atoms with Gasteiger partial charge in [0, 0.05) is 5.92 Å². The van der Waals surface area contributed by atoms with Crippen LogP contribution in [0.2, 0.25) is 0 Å². The Morgan fingerprint density at radius 2 is 2.09 bits per heavy atom. The molecule has 1 aromatic carbocycles. The quantitative estimate of drug-likeness (QED) is 0.791. The van der Waals surface area contributed by atoms with E-state index in [-0.39, 0.29) is 5.92 Å². The van der Waals surface area contributed by atoms with E-state index in [4.69, 9.17) is 4.74 Å². The summed E-state index contributed by atoms with van der Waals surface area (Å²) in [6, 6.07) is 7.12. The summed E-state index contributed by atoms with van der Waals surface area (Å²) in [6.07, 6.45) is 7.04. The molecule has 0 fully saturated rings. The number of ether oxygens (including phenoxy) is 1. The highest BCUT2D eigenvalue weighted by Gasteiger charge is 2.54. The zero-order chi connectivity index (χ0) is 15.5. The summed E-state index contributed by atoms with van der Waals surface area (Å²) in [7, 11) is -3.66. The van der Waals surface area contributed by atoms with Crippen molar-refractivity contribution in [1.29, 1.82) is 0 Å². The van der Waals surface area contributed by atoms with Gasteiger partial charge in [-0.2, -0.15) is 0 Å². The van der Waals surface area contributed by atoms with Crippen molar-refractivity contribution in [3.8, 4) is 0 Å². The molecule has 2 heterocycles. The molecular formula is C16H15NO4S. The van der Waals surface area contributed by atoms with E-state index in [1.807, 2.05) is 24.3 Å². The highest BCUT2D eigenvalue weighted by molar-refractivity contribution is 7.92. The van der Waals surface area contributed by atoms with Gasteiger partial charge in [-0.15, -0.1) is 0 Å². The minimum atomic E-state index is -3.66. The molecule has 2 atom stereocenters. The fraction of sp³-hybridized carbons (Fsp3) is 0.312. The molecule has 0 N–H and O–H groups in total. The first-order chi connectivity index (χ1) is 10.4. The van der Waals surface area contributed by atoms with E-state index in [1.54, 1.807) is 18.4 Å². The Bertz CT molecular complexity index is 839. The second kappa shape index (κ2) is 4.23. The zero-order valence-electron chi connectivity index (χ0n) is 12.0. The first-order valence-electron chi connectivity index (χ1n) is 7.09. The van der Waals surface area contributed by atoms with Gasteiger partial charge in [0.15, 0.2) is 0 Å². The third-order valence-electron chi connectivity index (χ3n) is 4.62. The van der Waals surface area contributed by atoms with E-state index >= 15 is 0 Å². The van der Waals surface area contributed by atoms with Crippen LogP contribution in [0.4, 0.5) is 5.69 Å². The lowest BCUT2D eigenvalue weighted by Crippen LogP contribution is -2.44. The van der Waals surface area contributed by atoms with Crippen molar-refractivity contribution in [2.45, 2.75) is 11.8 Å². The summed E-state index contributed by atoms with van der Waals surface area (Å²) in [5.41, 5.74) is 1.38. The molecule has 1 spiro atoms. The molecule has 3 aliphatic rings. The van der Waals surface area contributed by atoms with Crippen molar-refractivity contribution in [2.24, 2.45) is 5.92 Å². The van der Waals surface area contributed by atoms with E-state index in [0.29, 0.717) is 18.7 Å². The number of para-hydroxylation sites is 1. The summed E-state index contributed by atoms with van der Waals surface area (Å²) in [5, 5.41) is 0. The second-order valence-corrected chi connectivity index (χ2v) is 7.84. The van der Waals surface area contributed by atoms with E-state index < -0.39 is 21.3 Å². The number of fused-ring (bicyclic) bond motifs is 3. The van der Waals surface area contributed by atoms with E-state index in [1.165, 1.54) is 0 Å². The van der Waals surface area contributed by atoms with Crippen molar-refractivity contribution in [2.75, 3.05) is 17.2 Å². The molecule has 4 rings (SSSR count). The molecule has 0 radical (unpaired) electrons. The zero-order valence-corrected chi connectivity index (χ0v) is 12.8. The smallest absolute Gasteiger partial charge is 0.255 e. The van der Waals surface area contributed by atoms with Crippen LogP contribution in [0.1, 0.15) is 12.0 Å². The third-order valence-corrected chi connectivity index (χ3v) is 5.64. The molecule has 5 nitrogen and oxygen atoms in total. The molecule has 0 bridgehead atoms. The molecule has 0 saturated heterocycles.